The molecule has 0 aliphatic carbocycles. The van der Waals surface area contributed by atoms with Gasteiger partial charge in [-0.2, -0.15) is 0 Å². The number of likely N-dealkylation sites (tertiary alicyclic amines) is 1. The van der Waals surface area contributed by atoms with Crippen molar-refractivity contribution in [3.8, 4) is 5.75 Å². The van der Waals surface area contributed by atoms with Gasteiger partial charge in [0.25, 0.3) is 5.91 Å². The van der Waals surface area contributed by atoms with Gasteiger partial charge in [0.05, 0.1) is 16.3 Å². The molecule has 0 saturated carbocycles. The number of hydrogen-bond donors (Lipinski definition) is 0. The number of nitrogens with zero attached hydrogens (tertiary/aromatic N) is 2. The molecule has 1 unspecified atom stereocenters. The second kappa shape index (κ2) is 7.02. The van der Waals surface area contributed by atoms with E-state index in [2.05, 4.69) is 6.07 Å². The minimum Gasteiger partial charge on any atom is -0.484 e. The van der Waals surface area contributed by atoms with Crippen molar-refractivity contribution in [2.24, 2.45) is 0 Å². The molecule has 1 aliphatic heterocycles. The van der Waals surface area contributed by atoms with Crippen molar-refractivity contribution in [1.29, 1.82) is 0 Å². The molecule has 3 aromatic rings. The van der Waals surface area contributed by atoms with Crippen LogP contribution in [0.3, 0.4) is 0 Å². The molecule has 1 amide bonds. The Balaban J connectivity index is 1.47. The topological polar surface area (TPSA) is 42.4 Å². The lowest BCUT2D eigenvalue weighted by Crippen LogP contribution is -2.34. The molecule has 1 aliphatic rings. The molecule has 0 bridgehead atoms. The minimum atomic E-state index is -0.0123. The first-order valence-corrected chi connectivity index (χ1v) is 9.43. The van der Waals surface area contributed by atoms with Crippen LogP contribution in [0.1, 0.15) is 23.9 Å². The van der Waals surface area contributed by atoms with Gasteiger partial charge in [-0.25, -0.2) is 4.98 Å². The third kappa shape index (κ3) is 3.48. The maximum Gasteiger partial charge on any atom is 0.261 e. The van der Waals surface area contributed by atoms with Crippen molar-refractivity contribution >= 4 is 39.1 Å². The molecule has 1 saturated heterocycles. The van der Waals surface area contributed by atoms with E-state index < -0.39 is 0 Å². The van der Waals surface area contributed by atoms with Crippen LogP contribution in [-0.4, -0.2) is 28.9 Å². The second-order valence-corrected chi connectivity index (χ2v) is 7.51. The molecule has 128 valence electrons. The summed E-state index contributed by atoms with van der Waals surface area (Å²) < 4.78 is 6.77. The predicted molar refractivity (Wildman–Crippen MR) is 100 cm³/mol. The Morgan fingerprint density at radius 3 is 3.00 bits per heavy atom. The number of aromatic nitrogens is 1. The highest BCUT2D eigenvalue weighted by Gasteiger charge is 2.32. The minimum absolute atomic E-state index is 0.0123. The zero-order valence-corrected chi connectivity index (χ0v) is 15.1. The first-order valence-electron chi connectivity index (χ1n) is 8.24. The fourth-order valence-corrected chi connectivity index (χ4v) is 4.43. The lowest BCUT2D eigenvalue weighted by atomic mass is 10.2. The number of ether oxygens (including phenoxy) is 1. The number of thiazole rings is 1. The Morgan fingerprint density at radius 1 is 1.28 bits per heavy atom. The Labute approximate surface area is 155 Å². The number of para-hydroxylation sites is 1. The van der Waals surface area contributed by atoms with E-state index >= 15 is 0 Å². The first-order chi connectivity index (χ1) is 12.2. The van der Waals surface area contributed by atoms with Crippen molar-refractivity contribution in [2.75, 3.05) is 13.2 Å². The average molecular weight is 373 g/mol. The largest absolute Gasteiger partial charge is 0.484 e. The summed E-state index contributed by atoms with van der Waals surface area (Å²) in [6.45, 7) is 0.764. The Hall–Kier alpha value is -2.11. The van der Waals surface area contributed by atoms with E-state index in [1.165, 1.54) is 0 Å². The monoisotopic (exact) mass is 372 g/mol. The summed E-state index contributed by atoms with van der Waals surface area (Å²) in [5.41, 5.74) is 0.997. The van der Waals surface area contributed by atoms with Gasteiger partial charge in [0.2, 0.25) is 0 Å². The third-order valence-electron chi connectivity index (χ3n) is 4.33. The average Bonchev–Trinajstić information content (AvgIpc) is 3.26. The number of halogens is 1. The molecule has 0 radical (unpaired) electrons. The van der Waals surface area contributed by atoms with Crippen LogP contribution in [0, 0.1) is 0 Å². The van der Waals surface area contributed by atoms with E-state index in [9.17, 15) is 4.79 Å². The lowest BCUT2D eigenvalue weighted by molar-refractivity contribution is -0.134. The Morgan fingerprint density at radius 2 is 2.16 bits per heavy atom. The highest BCUT2D eigenvalue weighted by atomic mass is 35.5. The van der Waals surface area contributed by atoms with Gasteiger partial charge >= 0.3 is 0 Å². The summed E-state index contributed by atoms with van der Waals surface area (Å²) in [6, 6.07) is 15.2. The summed E-state index contributed by atoms with van der Waals surface area (Å²) >= 11 is 7.62. The van der Waals surface area contributed by atoms with Gasteiger partial charge in [-0.15, -0.1) is 11.3 Å². The molecular weight excluding hydrogens is 356 g/mol. The van der Waals surface area contributed by atoms with Gasteiger partial charge < -0.3 is 9.64 Å². The summed E-state index contributed by atoms with van der Waals surface area (Å²) in [7, 11) is 0. The van der Waals surface area contributed by atoms with E-state index in [0.717, 1.165) is 34.6 Å². The molecule has 4 rings (SSSR count). The van der Waals surface area contributed by atoms with Crippen LogP contribution in [0.15, 0.2) is 48.5 Å². The summed E-state index contributed by atoms with van der Waals surface area (Å²) in [6.07, 6.45) is 1.94. The van der Waals surface area contributed by atoms with Gasteiger partial charge in [0, 0.05) is 11.6 Å². The van der Waals surface area contributed by atoms with Crippen LogP contribution in [-0.2, 0) is 4.79 Å². The van der Waals surface area contributed by atoms with Gasteiger partial charge in [-0.05, 0) is 43.2 Å². The number of carbonyl (C=O) groups is 1. The van der Waals surface area contributed by atoms with Crippen LogP contribution in [0.2, 0.25) is 5.02 Å². The smallest absolute Gasteiger partial charge is 0.261 e. The normalized spacial score (nSPS) is 17.2. The van der Waals surface area contributed by atoms with Crippen molar-refractivity contribution < 1.29 is 9.53 Å². The quantitative estimate of drug-likeness (QED) is 0.667. The van der Waals surface area contributed by atoms with E-state index in [0.29, 0.717) is 10.8 Å². The number of hydrogen-bond acceptors (Lipinski definition) is 4. The van der Waals surface area contributed by atoms with E-state index in [1.54, 1.807) is 29.5 Å². The van der Waals surface area contributed by atoms with E-state index in [1.807, 2.05) is 29.2 Å². The molecule has 1 fully saturated rings. The second-order valence-electron chi connectivity index (χ2n) is 6.01. The number of fused-ring (bicyclic) bond motifs is 1. The summed E-state index contributed by atoms with van der Waals surface area (Å²) in [5, 5.41) is 1.60. The van der Waals surface area contributed by atoms with Gasteiger partial charge in [0.1, 0.15) is 10.8 Å². The van der Waals surface area contributed by atoms with Gasteiger partial charge in [-0.1, -0.05) is 29.8 Å². The molecule has 2 aromatic carbocycles. The highest BCUT2D eigenvalue weighted by Crippen LogP contribution is 2.36. The summed E-state index contributed by atoms with van der Waals surface area (Å²) in [4.78, 5) is 19.3. The molecule has 1 atom stereocenters. The maximum atomic E-state index is 12.6. The van der Waals surface area contributed by atoms with E-state index in [-0.39, 0.29) is 18.6 Å². The molecule has 2 heterocycles. The van der Waals surface area contributed by atoms with Crippen molar-refractivity contribution in [3.63, 3.8) is 0 Å². The van der Waals surface area contributed by atoms with Crippen LogP contribution in [0.5, 0.6) is 5.75 Å². The zero-order valence-electron chi connectivity index (χ0n) is 13.5. The van der Waals surface area contributed by atoms with Crippen molar-refractivity contribution in [1.82, 2.24) is 9.88 Å². The number of rotatable bonds is 4. The number of benzene rings is 2. The van der Waals surface area contributed by atoms with Crippen LogP contribution < -0.4 is 4.74 Å². The Kier molecular flexibility index (Phi) is 4.59. The fraction of sp³-hybridized carbons (Fsp3) is 0.263. The summed E-state index contributed by atoms with van der Waals surface area (Å²) in [5.74, 6) is 0.596. The van der Waals surface area contributed by atoms with Crippen molar-refractivity contribution in [2.45, 2.75) is 18.9 Å². The predicted octanol–water partition coefficient (Wildman–Crippen LogP) is 4.69. The molecular formula is C19H17ClN2O2S. The van der Waals surface area contributed by atoms with Crippen molar-refractivity contribution in [3.05, 3.63) is 58.6 Å². The first kappa shape index (κ1) is 16.4. The molecule has 25 heavy (non-hydrogen) atoms. The van der Waals surface area contributed by atoms with Crippen LogP contribution >= 0.6 is 22.9 Å². The molecule has 6 heteroatoms. The zero-order chi connectivity index (χ0) is 17.2. The van der Waals surface area contributed by atoms with Crippen LogP contribution in [0.25, 0.3) is 10.2 Å². The molecule has 1 aromatic heterocycles. The molecule has 0 spiro atoms. The lowest BCUT2D eigenvalue weighted by Gasteiger charge is -2.23. The van der Waals surface area contributed by atoms with Gasteiger partial charge in [-0.3, -0.25) is 4.79 Å². The number of amides is 1. The molecule has 0 N–H and O–H groups in total. The number of carbonyl (C=O) groups excluding carboxylic acids is 1. The van der Waals surface area contributed by atoms with Gasteiger partial charge in [0.15, 0.2) is 6.61 Å². The van der Waals surface area contributed by atoms with E-state index in [4.69, 9.17) is 21.3 Å². The SMILES string of the molecule is O=C(COc1cccc(Cl)c1)N1CCCC1c1nc2ccccc2s1. The molecule has 4 nitrogen and oxygen atoms in total. The van der Waals surface area contributed by atoms with Crippen LogP contribution in [0.4, 0.5) is 0 Å². The maximum absolute atomic E-state index is 12.6. The highest BCUT2D eigenvalue weighted by molar-refractivity contribution is 7.18. The fourth-order valence-electron chi connectivity index (χ4n) is 3.14. The third-order valence-corrected chi connectivity index (χ3v) is 5.70. The standard InChI is InChI=1S/C19H17ClN2O2S/c20-13-5-3-6-14(11-13)24-12-18(23)22-10-4-8-16(22)19-21-15-7-1-2-9-17(15)25-19/h1-3,5-7,9,11,16H,4,8,10,12H2. The Bertz CT molecular complexity index is 878.